The second-order valence-electron chi connectivity index (χ2n) is 11.8. The third-order valence-corrected chi connectivity index (χ3v) is 7.60. The molecule has 0 bridgehead atoms. The molecule has 1 aliphatic rings. The van der Waals surface area contributed by atoms with Gasteiger partial charge in [-0.3, -0.25) is 14.4 Å². The Labute approximate surface area is 232 Å². The number of phenolic OH excluding ortho intramolecular Hbond substituents is 1. The zero-order chi connectivity index (χ0) is 28.0. The maximum absolute atomic E-state index is 13.5. The van der Waals surface area contributed by atoms with Gasteiger partial charge in [-0.25, -0.2) is 0 Å². The van der Waals surface area contributed by atoms with E-state index in [0.29, 0.717) is 24.8 Å². The van der Waals surface area contributed by atoms with Crippen LogP contribution in [0, 0.1) is 23.2 Å². The van der Waals surface area contributed by atoms with Gasteiger partial charge >= 0.3 is 0 Å². The molecule has 7 N–H and O–H groups in total. The minimum Gasteiger partial charge on any atom is -0.507 e. The summed E-state index contributed by atoms with van der Waals surface area (Å²) in [6, 6.07) is 3.79. The van der Waals surface area contributed by atoms with Gasteiger partial charge in [0.05, 0.1) is 31.1 Å². The number of hydrogen-bond donors (Lipinski definition) is 4. The minimum atomic E-state index is -0.849. The quantitative estimate of drug-likeness (QED) is 0.273. The Morgan fingerprint density at radius 2 is 1.95 bits per heavy atom. The summed E-state index contributed by atoms with van der Waals surface area (Å²) in [7, 11) is 0. The maximum Gasteiger partial charge on any atom is 0.224 e. The Kier molecular flexibility index (Phi) is 11.5. The van der Waals surface area contributed by atoms with Crippen LogP contribution in [0.3, 0.4) is 0 Å². The molecular weight excluding hydrogens is 502 g/mol. The van der Waals surface area contributed by atoms with Crippen LogP contribution in [0.1, 0.15) is 83.6 Å². The number of amides is 1. The van der Waals surface area contributed by atoms with Crippen molar-refractivity contribution in [2.75, 3.05) is 13.2 Å². The summed E-state index contributed by atoms with van der Waals surface area (Å²) in [4.78, 5) is 37.4. The molecule has 2 aromatic rings. The van der Waals surface area contributed by atoms with E-state index < -0.39 is 36.6 Å². The third kappa shape index (κ3) is 8.24. The monoisotopic (exact) mass is 549 g/mol. The van der Waals surface area contributed by atoms with Gasteiger partial charge in [-0.1, -0.05) is 20.8 Å². The number of carbonyl (C=O) groups excluding carboxylic acids is 3. The molecule has 1 aliphatic carbocycles. The lowest BCUT2D eigenvalue weighted by atomic mass is 9.72. The SMILES string of the molecule is CC(C)(C)CCCc1cc(-c2ccoc2)c2c(c1O)C(=O)CC(CC(CCO)C(CO)C(=O)CC(N)=O)C2.O.[HH].[HH]. The van der Waals surface area contributed by atoms with Crippen LogP contribution < -0.4 is 5.73 Å². The number of phenols is 1. The number of aryl methyl sites for hydroxylation is 1. The first-order valence-corrected chi connectivity index (χ1v) is 13.4. The van der Waals surface area contributed by atoms with Gasteiger partial charge < -0.3 is 30.9 Å². The molecule has 3 unspecified atom stereocenters. The van der Waals surface area contributed by atoms with Crippen LogP contribution in [0.15, 0.2) is 29.1 Å². The summed E-state index contributed by atoms with van der Waals surface area (Å²) >= 11 is 0. The molecule has 1 amide bonds. The number of nitrogens with two attached hydrogens (primary N) is 1. The predicted octanol–water partition coefficient (Wildman–Crippen LogP) is 3.88. The summed E-state index contributed by atoms with van der Waals surface area (Å²) in [5, 5.41) is 30.8. The summed E-state index contributed by atoms with van der Waals surface area (Å²) in [5.41, 5.74) is 8.86. The largest absolute Gasteiger partial charge is 0.507 e. The van der Waals surface area contributed by atoms with Crippen LogP contribution in [0.25, 0.3) is 11.1 Å². The van der Waals surface area contributed by atoms with Gasteiger partial charge in [-0.05, 0) is 84.6 Å². The Balaban J connectivity index is 0.00000533. The predicted molar refractivity (Wildman–Crippen MR) is 151 cm³/mol. The molecule has 0 aliphatic heterocycles. The number of aliphatic hydroxyl groups excluding tert-OH is 2. The first-order chi connectivity index (χ1) is 17.9. The van der Waals surface area contributed by atoms with E-state index in [0.717, 1.165) is 35.1 Å². The normalized spacial score (nSPS) is 16.7. The van der Waals surface area contributed by atoms with E-state index >= 15 is 0 Å². The Morgan fingerprint density at radius 3 is 2.51 bits per heavy atom. The van der Waals surface area contributed by atoms with Crippen molar-refractivity contribution in [1.82, 2.24) is 0 Å². The summed E-state index contributed by atoms with van der Waals surface area (Å²) in [6.07, 6.45) is 6.55. The number of primary amides is 1. The van der Waals surface area contributed by atoms with Crippen molar-refractivity contribution in [2.24, 2.45) is 28.9 Å². The van der Waals surface area contributed by atoms with Gasteiger partial charge in [0.1, 0.15) is 11.5 Å². The first kappa shape index (κ1) is 32.2. The van der Waals surface area contributed by atoms with Crippen molar-refractivity contribution >= 4 is 17.5 Å². The van der Waals surface area contributed by atoms with Crippen LogP contribution in [0.4, 0.5) is 0 Å². The highest BCUT2D eigenvalue weighted by Crippen LogP contribution is 2.43. The molecule has 0 saturated carbocycles. The summed E-state index contributed by atoms with van der Waals surface area (Å²) in [6.45, 7) is 5.86. The lowest BCUT2D eigenvalue weighted by molar-refractivity contribution is -0.131. The van der Waals surface area contributed by atoms with E-state index in [-0.39, 0.29) is 50.6 Å². The topological polar surface area (TPSA) is 183 Å². The number of aromatic hydroxyl groups is 1. The standard InChI is InChI=1S/C30H41NO7.H2O.2H2/c1-30(2,3)8-4-5-20-14-22(21-7-10-38-17-21)23-12-18(13-26(35)28(23)29(20)37)11-19(6-9-32)24(16-33)25(34)15-27(31)36;;;/h7,10,14,17-19,24,32-33,37H,4-6,8-9,11-13,15-16H2,1-3H3,(H2,31,36);1H2;2*1H. The second-order valence-corrected chi connectivity index (χ2v) is 11.8. The molecule has 1 heterocycles. The zero-order valence-electron chi connectivity index (χ0n) is 23.2. The van der Waals surface area contributed by atoms with Crippen molar-refractivity contribution in [3.8, 4) is 16.9 Å². The molecule has 220 valence electrons. The lowest BCUT2D eigenvalue weighted by Crippen LogP contribution is -2.33. The second kappa shape index (κ2) is 13.9. The fourth-order valence-electron chi connectivity index (χ4n) is 5.74. The molecular formula is C30H47NO8. The van der Waals surface area contributed by atoms with E-state index in [1.54, 1.807) is 12.5 Å². The maximum atomic E-state index is 13.5. The van der Waals surface area contributed by atoms with Crippen LogP contribution in [0.2, 0.25) is 0 Å². The van der Waals surface area contributed by atoms with Gasteiger partial charge in [0.2, 0.25) is 5.91 Å². The first-order valence-electron chi connectivity index (χ1n) is 13.4. The molecule has 0 spiro atoms. The van der Waals surface area contributed by atoms with Crippen LogP contribution in [-0.2, 0) is 22.4 Å². The van der Waals surface area contributed by atoms with Gasteiger partial charge in [0.15, 0.2) is 5.78 Å². The molecule has 39 heavy (non-hydrogen) atoms. The number of benzene rings is 1. The summed E-state index contributed by atoms with van der Waals surface area (Å²) in [5.74, 6) is -2.78. The highest BCUT2D eigenvalue weighted by Gasteiger charge is 2.36. The zero-order valence-corrected chi connectivity index (χ0v) is 23.2. The fraction of sp³-hybridized carbons (Fsp3) is 0.567. The highest BCUT2D eigenvalue weighted by atomic mass is 16.3. The Morgan fingerprint density at radius 1 is 1.23 bits per heavy atom. The van der Waals surface area contributed by atoms with Crippen molar-refractivity contribution in [3.05, 3.63) is 41.3 Å². The van der Waals surface area contributed by atoms with E-state index in [1.807, 2.05) is 12.1 Å². The molecule has 0 radical (unpaired) electrons. The molecule has 1 aromatic carbocycles. The third-order valence-electron chi connectivity index (χ3n) is 7.60. The fourth-order valence-corrected chi connectivity index (χ4v) is 5.74. The summed E-state index contributed by atoms with van der Waals surface area (Å²) < 4.78 is 5.33. The molecule has 0 fully saturated rings. The van der Waals surface area contributed by atoms with Gasteiger partial charge in [0, 0.05) is 27.4 Å². The number of hydrogen-bond acceptors (Lipinski definition) is 7. The molecule has 1 aromatic heterocycles. The number of carbonyl (C=O) groups is 3. The average molecular weight is 550 g/mol. The molecule has 9 nitrogen and oxygen atoms in total. The van der Waals surface area contributed by atoms with E-state index in [1.165, 1.54) is 0 Å². The average Bonchev–Trinajstić information content (AvgIpc) is 3.34. The lowest BCUT2D eigenvalue weighted by Gasteiger charge is -2.32. The van der Waals surface area contributed by atoms with Crippen molar-refractivity contribution in [1.29, 1.82) is 0 Å². The molecule has 3 rings (SSSR count). The van der Waals surface area contributed by atoms with E-state index in [9.17, 15) is 29.7 Å². The van der Waals surface area contributed by atoms with Gasteiger partial charge in [0.25, 0.3) is 0 Å². The minimum absolute atomic E-state index is 0. The van der Waals surface area contributed by atoms with Crippen LogP contribution in [0.5, 0.6) is 5.75 Å². The van der Waals surface area contributed by atoms with Crippen LogP contribution in [-0.4, -0.2) is 51.5 Å². The van der Waals surface area contributed by atoms with E-state index in [2.05, 4.69) is 20.8 Å². The van der Waals surface area contributed by atoms with Crippen molar-refractivity contribution in [3.63, 3.8) is 0 Å². The van der Waals surface area contributed by atoms with Crippen molar-refractivity contribution in [2.45, 2.75) is 72.1 Å². The van der Waals surface area contributed by atoms with Crippen LogP contribution >= 0.6 is 0 Å². The number of ketones is 2. The van der Waals surface area contributed by atoms with Gasteiger partial charge in [-0.15, -0.1) is 0 Å². The molecule has 9 heteroatoms. The van der Waals surface area contributed by atoms with E-state index in [4.69, 9.17) is 10.2 Å². The number of furan rings is 1. The smallest absolute Gasteiger partial charge is 0.224 e. The number of aliphatic hydroxyl groups is 2. The number of Topliss-reactive ketones (excluding diaryl/α,β-unsaturated/α-hetero) is 2. The molecule has 0 saturated heterocycles. The molecule has 3 atom stereocenters. The van der Waals surface area contributed by atoms with Crippen molar-refractivity contribution < 1.29 is 42.4 Å². The van der Waals surface area contributed by atoms with Gasteiger partial charge in [-0.2, -0.15) is 0 Å². The Hall–Kier alpha value is -3.01. The number of rotatable bonds is 13. The Bertz CT molecular complexity index is 1140. The highest BCUT2D eigenvalue weighted by molar-refractivity contribution is 6.03. The number of fused-ring (bicyclic) bond motifs is 1.